The van der Waals surface area contributed by atoms with E-state index in [1.807, 2.05) is 24.6 Å². The largest absolute Gasteiger partial charge is 0.494 e. The number of amides is 2. The average Bonchev–Trinajstić information content (AvgIpc) is 3.80. The smallest absolute Gasteiger partial charge is 0.276 e. The van der Waals surface area contributed by atoms with E-state index < -0.39 is 5.91 Å². The number of hydrogen-bond acceptors (Lipinski definition) is 11. The minimum atomic E-state index is -0.535. The summed E-state index contributed by atoms with van der Waals surface area (Å²) in [4.78, 5) is 49.2. The summed E-state index contributed by atoms with van der Waals surface area (Å²) in [5.41, 5.74) is 7.75. The Balaban J connectivity index is 0.000000204. The molecule has 4 N–H and O–H groups in total. The minimum absolute atomic E-state index is 0.218. The van der Waals surface area contributed by atoms with Crippen molar-refractivity contribution >= 4 is 34.8 Å². The number of ether oxygens (including phenoxy) is 1. The second kappa shape index (κ2) is 13.6. The van der Waals surface area contributed by atoms with E-state index in [2.05, 4.69) is 52.3 Å². The molecule has 6 heterocycles. The van der Waals surface area contributed by atoms with Crippen LogP contribution >= 0.6 is 0 Å². The molecule has 14 nitrogen and oxygen atoms in total. The van der Waals surface area contributed by atoms with Gasteiger partial charge in [-0.25, -0.2) is 24.9 Å². The van der Waals surface area contributed by atoms with Crippen LogP contribution in [0.2, 0.25) is 0 Å². The van der Waals surface area contributed by atoms with Crippen LogP contribution in [0.1, 0.15) is 52.9 Å². The van der Waals surface area contributed by atoms with Gasteiger partial charge in [0.15, 0.2) is 0 Å². The number of aromatic nitrogens is 6. The number of aryl methyl sites for hydroxylation is 1. The standard InChI is InChI=1S/C19H23N7O2.C11H16N4O/c1-12-9-26-11-15(16(28-3)6-17(26)23-12)24-19(27)14-7-22-18(8-21-14)25-5-4-13(10-25)20-2;1-2-8-3-4-15(7-8)10-6-13-9(5-14-10)11(12)16/h6-9,11,13,20H,4-5,10H2,1-3H3,(H,24,27);5-6,8H,2-4,7H2,1H3,(H2,12,16)/t13-;8-/m11/s1. The van der Waals surface area contributed by atoms with Crippen LogP contribution in [0.3, 0.4) is 0 Å². The van der Waals surface area contributed by atoms with Crippen LogP contribution in [0, 0.1) is 12.8 Å². The van der Waals surface area contributed by atoms with Gasteiger partial charge < -0.3 is 35.3 Å². The van der Waals surface area contributed by atoms with Crippen LogP contribution < -0.4 is 30.9 Å². The molecule has 0 saturated carbocycles. The summed E-state index contributed by atoms with van der Waals surface area (Å²) in [5, 5.41) is 6.12. The third-order valence-electron chi connectivity index (χ3n) is 8.01. The predicted octanol–water partition coefficient (Wildman–Crippen LogP) is 2.30. The first-order valence-corrected chi connectivity index (χ1v) is 14.7. The van der Waals surface area contributed by atoms with Crippen molar-refractivity contribution in [3.05, 3.63) is 60.3 Å². The van der Waals surface area contributed by atoms with Crippen molar-refractivity contribution in [3.63, 3.8) is 0 Å². The summed E-state index contributed by atoms with van der Waals surface area (Å²) >= 11 is 0. The van der Waals surface area contributed by atoms with Crippen LogP contribution in [-0.2, 0) is 0 Å². The third-order valence-corrected chi connectivity index (χ3v) is 8.01. The molecule has 0 radical (unpaired) electrons. The zero-order valence-electron chi connectivity index (χ0n) is 25.5. The summed E-state index contributed by atoms with van der Waals surface area (Å²) in [6.07, 6.45) is 13.3. The summed E-state index contributed by atoms with van der Waals surface area (Å²) in [7, 11) is 3.52. The summed E-state index contributed by atoms with van der Waals surface area (Å²) in [6.45, 7) is 7.97. The number of hydrogen-bond donors (Lipinski definition) is 3. The van der Waals surface area contributed by atoms with E-state index in [9.17, 15) is 9.59 Å². The Morgan fingerprint density at radius 3 is 2.23 bits per heavy atom. The molecule has 2 saturated heterocycles. The molecular weight excluding hydrogens is 562 g/mol. The maximum atomic E-state index is 12.6. The lowest BCUT2D eigenvalue weighted by Gasteiger charge is -2.17. The molecule has 232 valence electrons. The van der Waals surface area contributed by atoms with Crippen molar-refractivity contribution in [3.8, 4) is 5.75 Å². The molecule has 4 aromatic rings. The lowest BCUT2D eigenvalue weighted by Crippen LogP contribution is -2.30. The number of fused-ring (bicyclic) bond motifs is 1. The predicted molar refractivity (Wildman–Crippen MR) is 167 cm³/mol. The van der Waals surface area contributed by atoms with E-state index in [1.165, 1.54) is 25.2 Å². The Kier molecular flexibility index (Phi) is 9.48. The van der Waals surface area contributed by atoms with Gasteiger partial charge in [-0.3, -0.25) is 9.59 Å². The maximum Gasteiger partial charge on any atom is 0.276 e. The summed E-state index contributed by atoms with van der Waals surface area (Å²) in [5.74, 6) is 2.02. The fraction of sp³-hybridized carbons (Fsp3) is 0.433. The van der Waals surface area contributed by atoms with Gasteiger partial charge in [-0.1, -0.05) is 13.3 Å². The number of nitrogens with one attached hydrogen (secondary N) is 2. The highest BCUT2D eigenvalue weighted by Crippen LogP contribution is 2.27. The Hall–Kier alpha value is -4.85. The van der Waals surface area contributed by atoms with Gasteiger partial charge in [-0.2, -0.15) is 0 Å². The molecular formula is C30H39N11O3. The van der Waals surface area contributed by atoms with Gasteiger partial charge in [0, 0.05) is 50.7 Å². The van der Waals surface area contributed by atoms with Crippen molar-refractivity contribution in [1.29, 1.82) is 0 Å². The van der Waals surface area contributed by atoms with Gasteiger partial charge >= 0.3 is 0 Å². The van der Waals surface area contributed by atoms with Gasteiger partial charge in [0.25, 0.3) is 11.8 Å². The molecule has 2 fully saturated rings. The number of anilines is 3. The molecule has 0 aliphatic carbocycles. The number of pyridine rings is 1. The number of nitrogens with two attached hydrogens (primary N) is 1. The highest BCUT2D eigenvalue weighted by atomic mass is 16.5. The van der Waals surface area contributed by atoms with Crippen molar-refractivity contribution in [2.75, 3.05) is 55.5 Å². The Labute approximate surface area is 256 Å². The topological polar surface area (TPSA) is 169 Å². The van der Waals surface area contributed by atoms with Crippen LogP contribution in [-0.4, -0.2) is 87.5 Å². The second-order valence-corrected chi connectivity index (χ2v) is 11.0. The minimum Gasteiger partial charge on any atom is -0.494 e. The van der Waals surface area contributed by atoms with Gasteiger partial charge in [-0.15, -0.1) is 0 Å². The van der Waals surface area contributed by atoms with E-state index in [0.717, 1.165) is 61.5 Å². The molecule has 0 spiro atoms. The number of carbonyl (C=O) groups excluding carboxylic acids is 2. The fourth-order valence-electron chi connectivity index (χ4n) is 5.38. The highest BCUT2D eigenvalue weighted by molar-refractivity contribution is 6.03. The van der Waals surface area contributed by atoms with Crippen LogP contribution in [0.4, 0.5) is 17.3 Å². The number of imidazole rings is 1. The number of likely N-dealkylation sites (N-methyl/N-ethyl adjacent to an activating group) is 1. The fourth-order valence-corrected chi connectivity index (χ4v) is 5.38. The maximum absolute atomic E-state index is 12.6. The van der Waals surface area contributed by atoms with Crippen LogP contribution in [0.25, 0.3) is 5.65 Å². The van der Waals surface area contributed by atoms with Gasteiger partial charge in [-0.05, 0) is 32.7 Å². The molecule has 2 amide bonds. The average molecular weight is 602 g/mol. The summed E-state index contributed by atoms with van der Waals surface area (Å²) in [6, 6.07) is 2.24. The van der Waals surface area contributed by atoms with Crippen molar-refractivity contribution in [1.82, 2.24) is 34.6 Å². The van der Waals surface area contributed by atoms with E-state index in [-0.39, 0.29) is 17.3 Å². The number of methoxy groups -OCH3 is 1. The Bertz CT molecular complexity index is 1590. The Morgan fingerprint density at radius 1 is 0.977 bits per heavy atom. The SMILES string of the molecule is CC[C@@H]1CCN(c2cnc(C(N)=O)cn2)C1.CN[C@@H]1CCN(c2cnc(C(=O)Nc3cn4cc(C)nc4cc3OC)cn2)C1. The first-order chi connectivity index (χ1) is 21.3. The Morgan fingerprint density at radius 2 is 1.66 bits per heavy atom. The molecule has 6 rings (SSSR count). The number of carbonyl (C=O) groups is 2. The highest BCUT2D eigenvalue weighted by Gasteiger charge is 2.23. The van der Waals surface area contributed by atoms with E-state index in [4.69, 9.17) is 10.5 Å². The molecule has 14 heteroatoms. The van der Waals surface area contributed by atoms with Crippen molar-refractivity contribution in [2.45, 2.75) is 39.2 Å². The van der Waals surface area contributed by atoms with E-state index in [0.29, 0.717) is 17.5 Å². The zero-order valence-corrected chi connectivity index (χ0v) is 25.5. The lowest BCUT2D eigenvalue weighted by molar-refractivity contribution is 0.0992. The molecule has 0 unspecified atom stereocenters. The normalized spacial score (nSPS) is 17.8. The van der Waals surface area contributed by atoms with Crippen molar-refractivity contribution in [2.24, 2.45) is 11.7 Å². The monoisotopic (exact) mass is 601 g/mol. The van der Waals surface area contributed by atoms with Gasteiger partial charge in [0.2, 0.25) is 0 Å². The number of rotatable bonds is 8. The van der Waals surface area contributed by atoms with E-state index >= 15 is 0 Å². The van der Waals surface area contributed by atoms with Crippen molar-refractivity contribution < 1.29 is 14.3 Å². The molecule has 2 atom stereocenters. The first kappa shape index (κ1) is 30.6. The zero-order chi connectivity index (χ0) is 31.2. The quantitative estimate of drug-likeness (QED) is 0.271. The second-order valence-electron chi connectivity index (χ2n) is 11.0. The molecule has 0 aromatic carbocycles. The molecule has 2 aliphatic heterocycles. The number of nitrogens with zero attached hydrogens (tertiary/aromatic N) is 8. The molecule has 2 aliphatic rings. The summed E-state index contributed by atoms with van der Waals surface area (Å²) < 4.78 is 7.23. The first-order valence-electron chi connectivity index (χ1n) is 14.7. The molecule has 44 heavy (non-hydrogen) atoms. The van der Waals surface area contributed by atoms with E-state index in [1.54, 1.807) is 31.8 Å². The third kappa shape index (κ3) is 7.02. The number of primary amides is 1. The van der Waals surface area contributed by atoms with Gasteiger partial charge in [0.1, 0.15) is 40.1 Å². The van der Waals surface area contributed by atoms with Crippen LogP contribution in [0.5, 0.6) is 5.75 Å². The molecule has 4 aromatic heterocycles. The lowest BCUT2D eigenvalue weighted by atomic mass is 10.1. The molecule has 0 bridgehead atoms. The van der Waals surface area contributed by atoms with Gasteiger partial charge in [0.05, 0.1) is 37.6 Å². The van der Waals surface area contributed by atoms with Crippen LogP contribution in [0.15, 0.2) is 43.2 Å².